The molecule has 24 heavy (non-hydrogen) atoms. The topological polar surface area (TPSA) is 147 Å². The Kier molecular flexibility index (Phi) is 4.35. The molecule has 0 unspecified atom stereocenters. The molecular weight excluding hydrogens is 322 g/mol. The van der Waals surface area contributed by atoms with Crippen LogP contribution in [-0.2, 0) is 0 Å². The van der Waals surface area contributed by atoms with Gasteiger partial charge in [0.15, 0.2) is 0 Å². The first-order valence-corrected chi connectivity index (χ1v) is 6.53. The lowest BCUT2D eigenvalue weighted by atomic mass is 10.2. The van der Waals surface area contributed by atoms with Gasteiger partial charge in [-0.25, -0.2) is 4.68 Å². The van der Waals surface area contributed by atoms with E-state index in [0.717, 1.165) is 18.3 Å². The number of benzene rings is 1. The molecular formula is C13H11N5O6. The summed E-state index contributed by atoms with van der Waals surface area (Å²) in [6.45, 7) is 3.19. The highest BCUT2D eigenvalue weighted by Crippen LogP contribution is 2.29. The largest absolute Gasteiger partial charge is 0.301 e. The van der Waals surface area contributed by atoms with Crippen molar-refractivity contribution in [1.29, 1.82) is 0 Å². The maximum absolute atomic E-state index is 11.2. The summed E-state index contributed by atoms with van der Waals surface area (Å²) in [7, 11) is 0. The number of non-ortho nitro benzene ring substituents is 1. The van der Waals surface area contributed by atoms with Crippen molar-refractivity contribution in [2.24, 2.45) is 0 Å². The van der Waals surface area contributed by atoms with E-state index in [-0.39, 0.29) is 5.69 Å². The zero-order valence-corrected chi connectivity index (χ0v) is 12.6. The lowest BCUT2D eigenvalue weighted by Gasteiger charge is -2.05. The molecule has 1 heterocycles. The van der Waals surface area contributed by atoms with E-state index < -0.39 is 26.1 Å². The summed E-state index contributed by atoms with van der Waals surface area (Å²) in [5.74, 6) is 0. The SMILES string of the molecule is Cc1nn(-c2ccc([N+](=O)[O-])cc2[N+](=O)[O-])c(C)c1/C=C/[N+](=O)[O-]. The summed E-state index contributed by atoms with van der Waals surface area (Å²) in [6, 6.07) is 3.19. The molecule has 0 saturated heterocycles. The normalized spacial score (nSPS) is 10.9. The Morgan fingerprint density at radius 3 is 2.29 bits per heavy atom. The first-order valence-electron chi connectivity index (χ1n) is 6.53. The molecule has 0 aliphatic heterocycles. The van der Waals surface area contributed by atoms with Crippen LogP contribution in [0, 0.1) is 44.2 Å². The molecule has 2 aromatic rings. The second-order valence-corrected chi connectivity index (χ2v) is 4.78. The highest BCUT2D eigenvalue weighted by atomic mass is 16.6. The van der Waals surface area contributed by atoms with E-state index in [2.05, 4.69) is 5.10 Å². The highest BCUT2D eigenvalue weighted by molar-refractivity contribution is 5.61. The van der Waals surface area contributed by atoms with Gasteiger partial charge in [-0.1, -0.05) is 0 Å². The first-order chi connectivity index (χ1) is 11.2. The van der Waals surface area contributed by atoms with Crippen LogP contribution in [0.3, 0.4) is 0 Å². The van der Waals surface area contributed by atoms with Gasteiger partial charge >= 0.3 is 5.69 Å². The number of aromatic nitrogens is 2. The van der Waals surface area contributed by atoms with E-state index >= 15 is 0 Å². The Labute approximate surface area is 134 Å². The third-order valence-corrected chi connectivity index (χ3v) is 3.30. The Balaban J connectivity index is 2.65. The molecule has 0 spiro atoms. The number of nitrogens with zero attached hydrogens (tertiary/aromatic N) is 5. The van der Waals surface area contributed by atoms with Gasteiger partial charge in [0.1, 0.15) is 5.69 Å². The molecule has 1 aromatic carbocycles. The molecule has 0 radical (unpaired) electrons. The van der Waals surface area contributed by atoms with Gasteiger partial charge in [0.25, 0.3) is 5.69 Å². The number of nitro benzene ring substituents is 2. The molecule has 11 nitrogen and oxygen atoms in total. The van der Waals surface area contributed by atoms with Gasteiger partial charge in [0.2, 0.25) is 6.20 Å². The second-order valence-electron chi connectivity index (χ2n) is 4.78. The van der Waals surface area contributed by atoms with E-state index in [4.69, 9.17) is 0 Å². The zero-order chi connectivity index (χ0) is 18.0. The molecule has 0 amide bonds. The third kappa shape index (κ3) is 3.09. The number of hydrogen-bond acceptors (Lipinski definition) is 7. The molecule has 0 saturated carbocycles. The molecule has 11 heteroatoms. The van der Waals surface area contributed by atoms with Gasteiger partial charge in [0.05, 0.1) is 26.5 Å². The Morgan fingerprint density at radius 2 is 1.75 bits per heavy atom. The fourth-order valence-electron chi connectivity index (χ4n) is 2.22. The number of rotatable bonds is 5. The summed E-state index contributed by atoms with van der Waals surface area (Å²) in [5.41, 5.74) is 0.437. The van der Waals surface area contributed by atoms with Crippen molar-refractivity contribution < 1.29 is 14.8 Å². The lowest BCUT2D eigenvalue weighted by Crippen LogP contribution is -2.04. The highest BCUT2D eigenvalue weighted by Gasteiger charge is 2.23. The number of hydrogen-bond donors (Lipinski definition) is 0. The predicted octanol–water partition coefficient (Wildman–Crippen LogP) is 2.55. The maximum atomic E-state index is 11.2. The Morgan fingerprint density at radius 1 is 1.08 bits per heavy atom. The third-order valence-electron chi connectivity index (χ3n) is 3.30. The minimum atomic E-state index is -0.745. The van der Waals surface area contributed by atoms with Crippen molar-refractivity contribution in [3.63, 3.8) is 0 Å². The van der Waals surface area contributed by atoms with Crippen molar-refractivity contribution in [3.8, 4) is 5.69 Å². The summed E-state index contributed by atoms with van der Waals surface area (Å²) in [6.07, 6.45) is 1.98. The van der Waals surface area contributed by atoms with Gasteiger partial charge in [-0.2, -0.15) is 5.10 Å². The lowest BCUT2D eigenvalue weighted by molar-refractivity contribution is -0.400. The monoisotopic (exact) mass is 333 g/mol. The molecule has 0 aliphatic rings. The average Bonchev–Trinajstić information content (AvgIpc) is 2.79. The fourth-order valence-corrected chi connectivity index (χ4v) is 2.22. The van der Waals surface area contributed by atoms with Crippen LogP contribution in [0.1, 0.15) is 17.0 Å². The first kappa shape index (κ1) is 16.7. The second kappa shape index (κ2) is 6.24. The standard InChI is InChI=1S/C13H11N5O6/c1-8-11(5-6-15(19)20)9(2)16(14-8)12-4-3-10(17(21)22)7-13(12)18(23)24/h3-7H,1-2H3/b6-5+. The van der Waals surface area contributed by atoms with Gasteiger partial charge in [0, 0.05) is 23.4 Å². The van der Waals surface area contributed by atoms with E-state index in [1.165, 1.54) is 16.8 Å². The van der Waals surface area contributed by atoms with Crippen LogP contribution in [0.2, 0.25) is 0 Å². The smallest absolute Gasteiger partial charge is 0.259 e. The van der Waals surface area contributed by atoms with Crippen molar-refractivity contribution in [3.05, 3.63) is 71.7 Å². The van der Waals surface area contributed by atoms with Crippen molar-refractivity contribution >= 4 is 17.5 Å². The summed E-state index contributed by atoms with van der Waals surface area (Å²) >= 11 is 0. The molecule has 0 aliphatic carbocycles. The van der Waals surface area contributed by atoms with Gasteiger partial charge in [-0.15, -0.1) is 0 Å². The molecule has 1 aromatic heterocycles. The van der Waals surface area contributed by atoms with Crippen molar-refractivity contribution in [2.45, 2.75) is 13.8 Å². The van der Waals surface area contributed by atoms with E-state index in [1.807, 2.05) is 0 Å². The maximum Gasteiger partial charge on any atom is 0.301 e. The minimum absolute atomic E-state index is 0.0342. The van der Waals surface area contributed by atoms with Crippen molar-refractivity contribution in [1.82, 2.24) is 9.78 Å². The molecule has 0 bridgehead atoms. The van der Waals surface area contributed by atoms with Crippen LogP contribution < -0.4 is 0 Å². The number of nitro groups is 3. The van der Waals surface area contributed by atoms with Gasteiger partial charge in [-0.3, -0.25) is 30.3 Å². The minimum Gasteiger partial charge on any atom is -0.259 e. The van der Waals surface area contributed by atoms with E-state index in [0.29, 0.717) is 17.0 Å². The number of aryl methyl sites for hydroxylation is 1. The van der Waals surface area contributed by atoms with Gasteiger partial charge < -0.3 is 0 Å². The Hall–Kier alpha value is -3.63. The molecule has 0 fully saturated rings. The van der Waals surface area contributed by atoms with Crippen LogP contribution in [-0.4, -0.2) is 24.6 Å². The van der Waals surface area contributed by atoms with E-state index in [9.17, 15) is 30.3 Å². The molecule has 124 valence electrons. The molecule has 2 rings (SSSR count). The average molecular weight is 333 g/mol. The van der Waals surface area contributed by atoms with Gasteiger partial charge in [-0.05, 0) is 19.9 Å². The van der Waals surface area contributed by atoms with Crippen LogP contribution in [0.5, 0.6) is 0 Å². The summed E-state index contributed by atoms with van der Waals surface area (Å²) < 4.78 is 1.23. The summed E-state index contributed by atoms with van der Waals surface area (Å²) in [4.78, 5) is 30.4. The molecule has 0 atom stereocenters. The quantitative estimate of drug-likeness (QED) is 0.603. The Bertz CT molecular complexity index is 885. The van der Waals surface area contributed by atoms with Crippen LogP contribution in [0.4, 0.5) is 11.4 Å². The molecule has 0 N–H and O–H groups in total. The summed E-state index contributed by atoms with van der Waals surface area (Å²) in [5, 5.41) is 36.6. The zero-order valence-electron chi connectivity index (χ0n) is 12.6. The van der Waals surface area contributed by atoms with Crippen molar-refractivity contribution in [2.75, 3.05) is 0 Å². The van der Waals surface area contributed by atoms with E-state index in [1.54, 1.807) is 13.8 Å². The van der Waals surface area contributed by atoms with Crippen LogP contribution in [0.25, 0.3) is 11.8 Å². The predicted molar refractivity (Wildman–Crippen MR) is 82.4 cm³/mol. The van der Waals surface area contributed by atoms with Crippen LogP contribution >= 0.6 is 0 Å². The fraction of sp³-hybridized carbons (Fsp3) is 0.154. The van der Waals surface area contributed by atoms with Crippen LogP contribution in [0.15, 0.2) is 24.4 Å².